The van der Waals surface area contributed by atoms with E-state index in [1.54, 1.807) is 12.1 Å². The van der Waals surface area contributed by atoms with Crippen LogP contribution in [0.15, 0.2) is 48.8 Å². The van der Waals surface area contributed by atoms with Crippen LogP contribution in [0.3, 0.4) is 0 Å². The molecule has 0 aliphatic rings. The Morgan fingerprint density at radius 3 is 1.55 bits per heavy atom. The molecule has 6 nitrogen and oxygen atoms in total. The molecule has 0 saturated heterocycles. The normalized spacial score (nSPS) is 11.1. The largest absolute Gasteiger partial charge is 0.397 e. The average molecular weight is 290 g/mol. The van der Waals surface area contributed by atoms with E-state index < -0.39 is 0 Å². The molecule has 22 heavy (non-hydrogen) atoms. The number of H-pyrrole nitrogens is 2. The summed E-state index contributed by atoms with van der Waals surface area (Å²) in [6.07, 6.45) is 3.72. The first-order valence-corrected chi connectivity index (χ1v) is 6.86. The molecule has 0 saturated carbocycles. The maximum atomic E-state index is 5.88. The number of fused-ring (bicyclic) bond motifs is 1. The molecular formula is C16H14N6. The van der Waals surface area contributed by atoms with Gasteiger partial charge in [0, 0.05) is 12.4 Å². The first-order valence-electron chi connectivity index (χ1n) is 6.86. The molecule has 0 fully saturated rings. The van der Waals surface area contributed by atoms with Gasteiger partial charge in [-0.2, -0.15) is 0 Å². The topological polar surface area (TPSA) is 109 Å². The number of nitrogens with zero attached hydrogens (tertiary/aromatic N) is 2. The number of aromatic nitrogens is 4. The van der Waals surface area contributed by atoms with Crippen LogP contribution in [-0.4, -0.2) is 19.9 Å². The summed E-state index contributed by atoms with van der Waals surface area (Å²) >= 11 is 0. The zero-order chi connectivity index (χ0) is 15.1. The molecule has 0 unspecified atom stereocenters. The van der Waals surface area contributed by atoms with Crippen LogP contribution in [0.4, 0.5) is 11.4 Å². The van der Waals surface area contributed by atoms with Crippen LogP contribution < -0.4 is 11.5 Å². The number of hydrogen-bond acceptors (Lipinski definition) is 4. The maximum Gasteiger partial charge on any atom is 0.115 e. The lowest BCUT2D eigenvalue weighted by Gasteiger charge is -2.09. The van der Waals surface area contributed by atoms with Gasteiger partial charge in [0.05, 0.1) is 33.8 Å². The van der Waals surface area contributed by atoms with Crippen molar-refractivity contribution in [3.63, 3.8) is 0 Å². The van der Waals surface area contributed by atoms with Crippen LogP contribution in [0.5, 0.6) is 0 Å². The molecule has 0 bridgehead atoms. The zero-order valence-corrected chi connectivity index (χ0v) is 11.7. The van der Waals surface area contributed by atoms with Gasteiger partial charge in [-0.25, -0.2) is 9.97 Å². The van der Waals surface area contributed by atoms with Crippen LogP contribution in [0.25, 0.3) is 33.8 Å². The number of benzene rings is 1. The van der Waals surface area contributed by atoms with Crippen LogP contribution in [-0.2, 0) is 0 Å². The Labute approximate surface area is 126 Å². The van der Waals surface area contributed by atoms with Gasteiger partial charge in [-0.3, -0.25) is 0 Å². The molecule has 6 N–H and O–H groups in total. The van der Waals surface area contributed by atoms with E-state index in [9.17, 15) is 0 Å². The second-order valence-electron chi connectivity index (χ2n) is 5.06. The smallest absolute Gasteiger partial charge is 0.115 e. The Balaban J connectivity index is 2.06. The minimum atomic E-state index is 0.506. The number of nitrogen functional groups attached to an aromatic ring is 2. The highest BCUT2D eigenvalue weighted by molar-refractivity contribution is 5.89. The van der Waals surface area contributed by atoms with Gasteiger partial charge in [-0.15, -0.1) is 0 Å². The third-order valence-electron chi connectivity index (χ3n) is 3.58. The summed E-state index contributed by atoms with van der Waals surface area (Å²) in [7, 11) is 0. The molecule has 4 aromatic rings. The van der Waals surface area contributed by atoms with Crippen molar-refractivity contribution in [2.75, 3.05) is 11.5 Å². The summed E-state index contributed by atoms with van der Waals surface area (Å²) in [5.74, 6) is 0. The van der Waals surface area contributed by atoms with Gasteiger partial charge in [-0.05, 0) is 36.4 Å². The van der Waals surface area contributed by atoms with E-state index in [1.807, 2.05) is 36.7 Å². The Kier molecular flexibility index (Phi) is 2.62. The zero-order valence-electron chi connectivity index (χ0n) is 11.7. The number of aromatic amines is 2. The third kappa shape index (κ3) is 1.89. The van der Waals surface area contributed by atoms with Gasteiger partial charge in [-0.1, -0.05) is 0 Å². The second kappa shape index (κ2) is 4.63. The fourth-order valence-electron chi connectivity index (χ4n) is 2.47. The summed E-state index contributed by atoms with van der Waals surface area (Å²) in [6.45, 7) is 0. The number of rotatable bonds is 2. The van der Waals surface area contributed by atoms with Crippen molar-refractivity contribution >= 4 is 22.4 Å². The van der Waals surface area contributed by atoms with Crippen molar-refractivity contribution in [2.45, 2.75) is 0 Å². The summed E-state index contributed by atoms with van der Waals surface area (Å²) in [5.41, 5.74) is 17.5. The molecule has 0 aliphatic heterocycles. The molecule has 0 amide bonds. The molecule has 6 heteroatoms. The maximum absolute atomic E-state index is 5.88. The highest BCUT2D eigenvalue weighted by atomic mass is 14.9. The van der Waals surface area contributed by atoms with E-state index in [0.717, 1.165) is 22.8 Å². The lowest BCUT2D eigenvalue weighted by Crippen LogP contribution is -1.99. The average Bonchev–Trinajstić information content (AvgIpc) is 3.21. The summed E-state index contributed by atoms with van der Waals surface area (Å²) in [4.78, 5) is 15.8. The molecule has 0 atom stereocenters. The number of nitrogens with one attached hydrogen (secondary N) is 2. The monoisotopic (exact) mass is 290 g/mol. The lowest BCUT2D eigenvalue weighted by atomic mass is 10.1. The van der Waals surface area contributed by atoms with E-state index >= 15 is 0 Å². The van der Waals surface area contributed by atoms with Crippen LogP contribution in [0.2, 0.25) is 0 Å². The first-order chi connectivity index (χ1) is 10.7. The number of nitrogens with two attached hydrogens (primary N) is 2. The molecule has 108 valence electrons. The van der Waals surface area contributed by atoms with E-state index in [-0.39, 0.29) is 0 Å². The van der Waals surface area contributed by atoms with Gasteiger partial charge < -0.3 is 21.4 Å². The highest BCUT2D eigenvalue weighted by Gasteiger charge is 2.15. The predicted molar refractivity (Wildman–Crippen MR) is 87.9 cm³/mol. The van der Waals surface area contributed by atoms with Gasteiger partial charge in [0.1, 0.15) is 11.4 Å². The summed E-state index contributed by atoms with van der Waals surface area (Å²) < 4.78 is 0. The van der Waals surface area contributed by atoms with Crippen molar-refractivity contribution in [2.24, 2.45) is 0 Å². The molecule has 3 heterocycles. The molecule has 0 aliphatic carbocycles. The van der Waals surface area contributed by atoms with Crippen LogP contribution in [0.1, 0.15) is 0 Å². The van der Waals surface area contributed by atoms with Crippen molar-refractivity contribution in [1.29, 1.82) is 0 Å². The third-order valence-corrected chi connectivity index (χ3v) is 3.58. The minimum absolute atomic E-state index is 0.506. The quantitative estimate of drug-likeness (QED) is 0.425. The molecule has 4 rings (SSSR count). The molecule has 0 radical (unpaired) electrons. The summed E-state index contributed by atoms with van der Waals surface area (Å²) in [5, 5.41) is 0. The molecule has 3 aromatic heterocycles. The van der Waals surface area contributed by atoms with Gasteiger partial charge in [0.25, 0.3) is 0 Å². The molecule has 1 aromatic carbocycles. The SMILES string of the molecule is Nc1cc2nc(-c3ccc[nH]3)c(-c3ccc[nH]3)nc2cc1N. The van der Waals surface area contributed by atoms with Crippen molar-refractivity contribution in [1.82, 2.24) is 19.9 Å². The Bertz CT molecular complexity index is 860. The van der Waals surface area contributed by atoms with Gasteiger partial charge >= 0.3 is 0 Å². The molecular weight excluding hydrogens is 276 g/mol. The van der Waals surface area contributed by atoms with Gasteiger partial charge in [0.15, 0.2) is 0 Å². The standard InChI is InChI=1S/C16H14N6/c17-9-7-13-14(8-10(9)18)22-16(12-4-2-6-20-12)15(21-13)11-3-1-5-19-11/h1-8,19-20H,17-18H2. The van der Waals surface area contributed by atoms with E-state index in [4.69, 9.17) is 21.4 Å². The first kappa shape index (κ1) is 12.5. The Morgan fingerprint density at radius 2 is 1.18 bits per heavy atom. The van der Waals surface area contributed by atoms with Crippen molar-refractivity contribution < 1.29 is 0 Å². The number of hydrogen-bond donors (Lipinski definition) is 4. The van der Waals surface area contributed by atoms with Crippen LogP contribution >= 0.6 is 0 Å². The Morgan fingerprint density at radius 1 is 0.727 bits per heavy atom. The minimum Gasteiger partial charge on any atom is -0.397 e. The number of anilines is 2. The van der Waals surface area contributed by atoms with E-state index in [1.165, 1.54) is 0 Å². The fraction of sp³-hybridized carbons (Fsp3) is 0. The highest BCUT2D eigenvalue weighted by Crippen LogP contribution is 2.31. The molecule has 0 spiro atoms. The Hall–Kier alpha value is -3.28. The fourth-order valence-corrected chi connectivity index (χ4v) is 2.47. The van der Waals surface area contributed by atoms with Crippen LogP contribution in [0, 0.1) is 0 Å². The second-order valence-corrected chi connectivity index (χ2v) is 5.06. The van der Waals surface area contributed by atoms with E-state index in [0.29, 0.717) is 22.4 Å². The van der Waals surface area contributed by atoms with Gasteiger partial charge in [0.2, 0.25) is 0 Å². The lowest BCUT2D eigenvalue weighted by molar-refractivity contribution is 1.24. The van der Waals surface area contributed by atoms with E-state index in [2.05, 4.69) is 9.97 Å². The van der Waals surface area contributed by atoms with Crippen molar-refractivity contribution in [3.8, 4) is 22.8 Å². The predicted octanol–water partition coefficient (Wildman–Crippen LogP) is 2.78. The van der Waals surface area contributed by atoms with Crippen molar-refractivity contribution in [3.05, 3.63) is 48.8 Å². The summed E-state index contributed by atoms with van der Waals surface area (Å²) in [6, 6.07) is 11.3.